The third-order valence-corrected chi connectivity index (χ3v) is 5.18. The lowest BCUT2D eigenvalue weighted by Crippen LogP contribution is -2.43. The number of ketones is 1. The Morgan fingerprint density at radius 3 is 3.00 bits per heavy atom. The molecule has 3 rings (SSSR count). The van der Waals surface area contributed by atoms with Crippen LogP contribution in [0.15, 0.2) is 4.52 Å². The maximum atomic E-state index is 13.2. The molecule has 0 aliphatic carbocycles. The molecule has 3 atom stereocenters. The molecule has 2 saturated heterocycles. The van der Waals surface area contributed by atoms with Crippen molar-refractivity contribution in [2.45, 2.75) is 45.4 Å². The van der Waals surface area contributed by atoms with Crippen LogP contribution in [-0.2, 0) is 16.1 Å². The second-order valence-corrected chi connectivity index (χ2v) is 6.84. The highest BCUT2D eigenvalue weighted by Crippen LogP contribution is 2.41. The van der Waals surface area contributed by atoms with E-state index in [0.717, 1.165) is 0 Å². The molecule has 0 spiro atoms. The van der Waals surface area contributed by atoms with Gasteiger partial charge in [0.2, 0.25) is 5.91 Å². The predicted octanol–water partition coefficient (Wildman–Crippen LogP) is 0.911. The number of likely N-dealkylation sites (N-methyl/N-ethyl adjacent to an activating group) is 1. The van der Waals surface area contributed by atoms with Crippen LogP contribution in [0.1, 0.15) is 41.6 Å². The van der Waals surface area contributed by atoms with E-state index in [-0.39, 0.29) is 30.4 Å². The maximum absolute atomic E-state index is 13.2. The molecule has 0 radical (unpaired) electrons. The zero-order valence-electron chi connectivity index (χ0n) is 14.0. The Balaban J connectivity index is 1.92. The van der Waals surface area contributed by atoms with E-state index in [1.807, 2.05) is 14.0 Å². The first-order chi connectivity index (χ1) is 10.9. The van der Waals surface area contributed by atoms with E-state index in [9.17, 15) is 9.59 Å². The van der Waals surface area contributed by atoms with Crippen molar-refractivity contribution in [1.82, 2.24) is 15.4 Å². The monoisotopic (exact) mass is 321 g/mol. The lowest BCUT2D eigenvalue weighted by atomic mass is 9.74. The zero-order chi connectivity index (χ0) is 16.8. The molecular weight excluding hydrogens is 298 g/mol. The van der Waals surface area contributed by atoms with Crippen LogP contribution in [0, 0.1) is 12.3 Å². The molecule has 0 aromatic carbocycles. The Bertz CT molecular complexity index is 641. The normalized spacial score (nSPS) is 30.6. The molecular formula is C16H23N3O4. The van der Waals surface area contributed by atoms with Crippen LogP contribution < -0.4 is 5.32 Å². The Kier molecular flexibility index (Phi) is 4.01. The molecule has 2 bridgehead atoms. The summed E-state index contributed by atoms with van der Waals surface area (Å²) in [5.74, 6) is 0.594. The first kappa shape index (κ1) is 16.1. The summed E-state index contributed by atoms with van der Waals surface area (Å²) in [6.07, 6.45) is 1.01. The van der Waals surface area contributed by atoms with E-state index in [4.69, 9.17) is 9.26 Å². The molecule has 1 aromatic rings. The van der Waals surface area contributed by atoms with Crippen molar-refractivity contribution in [3.05, 3.63) is 17.0 Å². The number of Topliss-reactive ketones (excluding diaryl/α,β-unsaturated/α-hetero) is 1. The van der Waals surface area contributed by atoms with Crippen LogP contribution in [-0.4, -0.2) is 54.5 Å². The summed E-state index contributed by atoms with van der Waals surface area (Å²) in [7, 11) is 3.38. The largest absolute Gasteiger partial charge is 0.380 e. The Morgan fingerprint density at radius 2 is 2.30 bits per heavy atom. The molecule has 1 N–H and O–H groups in total. The van der Waals surface area contributed by atoms with Crippen LogP contribution >= 0.6 is 0 Å². The second-order valence-electron chi connectivity index (χ2n) is 6.84. The van der Waals surface area contributed by atoms with Gasteiger partial charge in [-0.15, -0.1) is 0 Å². The number of carbonyl (C=O) groups is 2. The molecule has 1 amide bonds. The number of fused-ring (bicyclic) bond motifs is 2. The smallest absolute Gasteiger partial charge is 0.223 e. The number of methoxy groups -OCH3 is 1. The van der Waals surface area contributed by atoms with E-state index in [1.54, 1.807) is 18.9 Å². The van der Waals surface area contributed by atoms with Gasteiger partial charge >= 0.3 is 0 Å². The van der Waals surface area contributed by atoms with Crippen molar-refractivity contribution in [3.63, 3.8) is 0 Å². The highest BCUT2D eigenvalue weighted by Gasteiger charge is 2.52. The van der Waals surface area contributed by atoms with Gasteiger partial charge in [-0.25, -0.2) is 0 Å². The molecule has 2 aliphatic heterocycles. The fourth-order valence-electron chi connectivity index (χ4n) is 3.75. The maximum Gasteiger partial charge on any atom is 0.223 e. The van der Waals surface area contributed by atoms with Crippen molar-refractivity contribution in [3.8, 4) is 0 Å². The molecule has 2 aliphatic rings. The van der Waals surface area contributed by atoms with E-state index >= 15 is 0 Å². The van der Waals surface area contributed by atoms with E-state index in [1.165, 1.54) is 0 Å². The number of hydrogen-bond donors (Lipinski definition) is 1. The number of aryl methyl sites for hydroxylation is 1. The highest BCUT2D eigenvalue weighted by atomic mass is 16.5. The highest BCUT2D eigenvalue weighted by molar-refractivity contribution is 6.01. The van der Waals surface area contributed by atoms with Crippen molar-refractivity contribution in [1.29, 1.82) is 0 Å². The number of nitrogens with zero attached hydrogens (tertiary/aromatic N) is 2. The number of rotatable bonds is 4. The van der Waals surface area contributed by atoms with Crippen molar-refractivity contribution in [2.24, 2.45) is 5.41 Å². The van der Waals surface area contributed by atoms with Gasteiger partial charge in [-0.1, -0.05) is 12.1 Å². The summed E-state index contributed by atoms with van der Waals surface area (Å²) in [5, 5.41) is 7.41. The number of ether oxygens (including phenoxy) is 1. The summed E-state index contributed by atoms with van der Waals surface area (Å²) in [4.78, 5) is 27.1. The van der Waals surface area contributed by atoms with Gasteiger partial charge in [-0.3, -0.25) is 9.59 Å². The van der Waals surface area contributed by atoms with Crippen molar-refractivity contribution in [2.75, 3.05) is 20.7 Å². The quantitative estimate of drug-likeness (QED) is 0.830. The number of hydrogen-bond acceptors (Lipinski definition) is 6. The first-order valence-corrected chi connectivity index (χ1v) is 7.85. The molecule has 7 heteroatoms. The molecule has 1 unspecified atom stereocenters. The summed E-state index contributed by atoms with van der Waals surface area (Å²) in [6.45, 7) is 4.61. The number of nitrogens with one attached hydrogen (secondary N) is 1. The van der Waals surface area contributed by atoms with Gasteiger partial charge in [0, 0.05) is 44.6 Å². The molecule has 1 aromatic heterocycles. The summed E-state index contributed by atoms with van der Waals surface area (Å²) >= 11 is 0. The lowest BCUT2D eigenvalue weighted by Gasteiger charge is -2.30. The Morgan fingerprint density at radius 1 is 1.57 bits per heavy atom. The van der Waals surface area contributed by atoms with Gasteiger partial charge in [-0.05, 0) is 13.3 Å². The van der Waals surface area contributed by atoms with E-state index < -0.39 is 5.41 Å². The molecule has 7 nitrogen and oxygen atoms in total. The van der Waals surface area contributed by atoms with Crippen LogP contribution in [0.25, 0.3) is 0 Å². The minimum absolute atomic E-state index is 0.0668. The molecule has 23 heavy (non-hydrogen) atoms. The predicted molar refractivity (Wildman–Crippen MR) is 82.0 cm³/mol. The van der Waals surface area contributed by atoms with Crippen molar-refractivity contribution >= 4 is 11.7 Å². The standard InChI is InChI=1S/C16H23N3O4/c1-9-11(8-22-4)14(18-23-9)15(21)16(2)6-10-7-19(3)13(20)5-12(16)17-10/h10,12,17H,5-8H2,1-4H3/t10-,12+,16?/m1/s1. The molecule has 126 valence electrons. The summed E-state index contributed by atoms with van der Waals surface area (Å²) in [5.41, 5.74) is 0.370. The van der Waals surface area contributed by atoms with Crippen LogP contribution in [0.2, 0.25) is 0 Å². The van der Waals surface area contributed by atoms with Gasteiger partial charge < -0.3 is 19.5 Å². The fraction of sp³-hybridized carbons (Fsp3) is 0.688. The first-order valence-electron chi connectivity index (χ1n) is 7.85. The van der Waals surface area contributed by atoms with E-state index in [0.29, 0.717) is 36.4 Å². The van der Waals surface area contributed by atoms with Gasteiger partial charge in [-0.2, -0.15) is 0 Å². The fourth-order valence-corrected chi connectivity index (χ4v) is 3.75. The summed E-state index contributed by atoms with van der Waals surface area (Å²) < 4.78 is 10.4. The van der Waals surface area contributed by atoms with E-state index in [2.05, 4.69) is 10.5 Å². The van der Waals surface area contributed by atoms with Gasteiger partial charge in [0.05, 0.1) is 12.2 Å². The topological polar surface area (TPSA) is 84.7 Å². The van der Waals surface area contributed by atoms with Crippen molar-refractivity contribution < 1.29 is 18.8 Å². The molecule has 2 fully saturated rings. The second kappa shape index (κ2) is 5.72. The van der Waals surface area contributed by atoms with Crippen LogP contribution in [0.5, 0.6) is 0 Å². The Labute approximate surface area is 135 Å². The Hall–Kier alpha value is -1.73. The summed E-state index contributed by atoms with van der Waals surface area (Å²) in [6, 6.07) is -0.0471. The minimum atomic E-state index is -0.659. The van der Waals surface area contributed by atoms with Crippen LogP contribution in [0.3, 0.4) is 0 Å². The van der Waals surface area contributed by atoms with Crippen LogP contribution in [0.4, 0.5) is 0 Å². The van der Waals surface area contributed by atoms with Gasteiger partial charge in [0.1, 0.15) is 5.76 Å². The molecule has 3 heterocycles. The number of amides is 1. The molecule has 0 saturated carbocycles. The third-order valence-electron chi connectivity index (χ3n) is 5.18. The number of likely N-dealkylation sites (tertiary alicyclic amines) is 1. The average molecular weight is 321 g/mol. The third kappa shape index (κ3) is 2.57. The minimum Gasteiger partial charge on any atom is -0.380 e. The number of aromatic nitrogens is 1. The lowest BCUT2D eigenvalue weighted by molar-refractivity contribution is -0.130. The number of carbonyl (C=O) groups excluding carboxylic acids is 2. The SMILES string of the molecule is COCc1c(C(=O)C2(C)C[C@@H]3CN(C)C(=O)C[C@@H]2N3)noc1C. The zero-order valence-corrected chi connectivity index (χ0v) is 14.0. The average Bonchev–Trinajstić information content (AvgIpc) is 2.96. The van der Waals surface area contributed by atoms with Gasteiger partial charge in [0.25, 0.3) is 0 Å². The van der Waals surface area contributed by atoms with Gasteiger partial charge in [0.15, 0.2) is 11.5 Å².